The van der Waals surface area contributed by atoms with Crippen molar-refractivity contribution in [1.29, 1.82) is 0 Å². The molecule has 7 heteroatoms. The summed E-state index contributed by atoms with van der Waals surface area (Å²) in [6, 6.07) is 0. The summed E-state index contributed by atoms with van der Waals surface area (Å²) in [7, 11) is 0. The number of aromatic nitrogens is 1. The number of aromatic carboxylic acids is 1. The molecular weight excluding hydrogens is 278 g/mol. The van der Waals surface area contributed by atoms with Crippen LogP contribution in [0.15, 0.2) is 0 Å². The molecule has 0 bridgehead atoms. The Hall–Kier alpha value is -1.47. The van der Waals surface area contributed by atoms with Crippen molar-refractivity contribution in [2.24, 2.45) is 0 Å². The van der Waals surface area contributed by atoms with Crippen molar-refractivity contribution in [1.82, 2.24) is 9.88 Å². The number of carboxylic acids is 1. The van der Waals surface area contributed by atoms with Gasteiger partial charge in [0, 0.05) is 13.5 Å². The first-order chi connectivity index (χ1) is 9.47. The van der Waals surface area contributed by atoms with Gasteiger partial charge >= 0.3 is 5.97 Å². The molecule has 1 aromatic rings. The quantitative estimate of drug-likeness (QED) is 0.770. The van der Waals surface area contributed by atoms with Gasteiger partial charge in [-0.25, -0.2) is 9.78 Å². The van der Waals surface area contributed by atoms with Crippen LogP contribution >= 0.6 is 11.3 Å². The third-order valence-corrected chi connectivity index (χ3v) is 3.78. The molecule has 0 atom stereocenters. The first-order valence-corrected chi connectivity index (χ1v) is 7.52. The Morgan fingerprint density at radius 3 is 2.60 bits per heavy atom. The summed E-state index contributed by atoms with van der Waals surface area (Å²) < 4.78 is 0. The first-order valence-electron chi connectivity index (χ1n) is 6.70. The number of nitrogens with one attached hydrogen (secondary N) is 1. The number of amides is 1. The van der Waals surface area contributed by atoms with Crippen molar-refractivity contribution in [2.45, 2.75) is 40.2 Å². The average Bonchev–Trinajstić information content (AvgIpc) is 2.76. The third kappa shape index (κ3) is 4.90. The minimum atomic E-state index is -1.06. The van der Waals surface area contributed by atoms with Crippen LogP contribution in [-0.4, -0.2) is 40.0 Å². The van der Waals surface area contributed by atoms with Crippen molar-refractivity contribution in [3.63, 3.8) is 0 Å². The van der Waals surface area contributed by atoms with Gasteiger partial charge in [0.15, 0.2) is 10.8 Å². The maximum atomic E-state index is 11.2. The number of hydrogen-bond acceptors (Lipinski definition) is 5. The fraction of sp³-hybridized carbons (Fsp3) is 0.615. The summed E-state index contributed by atoms with van der Waals surface area (Å²) in [4.78, 5) is 29.1. The van der Waals surface area contributed by atoms with Gasteiger partial charge in [0.1, 0.15) is 0 Å². The topological polar surface area (TPSA) is 82.5 Å². The zero-order chi connectivity index (χ0) is 15.1. The van der Waals surface area contributed by atoms with Crippen molar-refractivity contribution in [3.8, 4) is 0 Å². The van der Waals surface area contributed by atoms with Crippen LogP contribution in [0.2, 0.25) is 0 Å². The van der Waals surface area contributed by atoms with E-state index < -0.39 is 5.97 Å². The summed E-state index contributed by atoms with van der Waals surface area (Å²) in [6.45, 7) is 7.88. The van der Waals surface area contributed by atoms with Crippen LogP contribution in [0.5, 0.6) is 0 Å². The third-order valence-electron chi connectivity index (χ3n) is 2.83. The number of unbranched alkanes of at least 4 members (excludes halogenated alkanes) is 1. The van der Waals surface area contributed by atoms with E-state index in [9.17, 15) is 14.7 Å². The molecule has 2 N–H and O–H groups in total. The Balaban J connectivity index is 2.87. The predicted molar refractivity (Wildman–Crippen MR) is 79.2 cm³/mol. The maximum absolute atomic E-state index is 11.2. The highest BCUT2D eigenvalue weighted by Gasteiger charge is 2.19. The second kappa shape index (κ2) is 7.96. The van der Waals surface area contributed by atoms with Gasteiger partial charge in [0.2, 0.25) is 5.91 Å². The number of carbonyl (C=O) groups is 2. The Morgan fingerprint density at radius 1 is 1.40 bits per heavy atom. The van der Waals surface area contributed by atoms with Gasteiger partial charge in [0.25, 0.3) is 0 Å². The van der Waals surface area contributed by atoms with Crippen molar-refractivity contribution in [3.05, 3.63) is 10.6 Å². The second-order valence-electron chi connectivity index (χ2n) is 4.50. The molecule has 0 saturated heterocycles. The molecule has 0 unspecified atom stereocenters. The molecule has 1 heterocycles. The molecule has 0 aliphatic heterocycles. The fourth-order valence-corrected chi connectivity index (χ4v) is 2.81. The maximum Gasteiger partial charge on any atom is 0.355 e. The largest absolute Gasteiger partial charge is 0.476 e. The number of thiazole rings is 1. The van der Waals surface area contributed by atoms with E-state index in [1.807, 2.05) is 6.92 Å². The zero-order valence-electron chi connectivity index (χ0n) is 12.1. The second-order valence-corrected chi connectivity index (χ2v) is 5.58. The van der Waals surface area contributed by atoms with Crippen LogP contribution in [0.25, 0.3) is 0 Å². The van der Waals surface area contributed by atoms with Gasteiger partial charge < -0.3 is 10.4 Å². The van der Waals surface area contributed by atoms with E-state index in [2.05, 4.69) is 22.1 Å². The highest BCUT2D eigenvalue weighted by atomic mass is 32.1. The number of carbonyl (C=O) groups excluding carboxylic acids is 1. The zero-order valence-corrected chi connectivity index (χ0v) is 12.9. The molecule has 0 saturated carbocycles. The minimum Gasteiger partial charge on any atom is -0.476 e. The van der Waals surface area contributed by atoms with E-state index in [4.69, 9.17) is 0 Å². The van der Waals surface area contributed by atoms with Crippen LogP contribution < -0.4 is 5.32 Å². The van der Waals surface area contributed by atoms with E-state index in [-0.39, 0.29) is 11.6 Å². The predicted octanol–water partition coefficient (Wildman–Crippen LogP) is 2.42. The lowest BCUT2D eigenvalue weighted by Crippen LogP contribution is -2.24. The van der Waals surface area contributed by atoms with Crippen LogP contribution in [0, 0.1) is 0 Å². The number of nitrogens with zero attached hydrogens (tertiary/aromatic N) is 2. The molecule has 1 rings (SSSR count). The Kier molecular flexibility index (Phi) is 6.60. The molecule has 1 amide bonds. The molecule has 1 aromatic heterocycles. The van der Waals surface area contributed by atoms with Crippen LogP contribution in [-0.2, 0) is 11.3 Å². The molecular formula is C13H21N3O3S. The van der Waals surface area contributed by atoms with E-state index in [0.717, 1.165) is 25.9 Å². The summed E-state index contributed by atoms with van der Waals surface area (Å²) in [5.74, 6) is -1.31. The lowest BCUT2D eigenvalue weighted by molar-refractivity contribution is -0.114. The number of anilines is 1. The molecule has 112 valence electrons. The number of carboxylic acid groups (broad SMARTS) is 1. The van der Waals surface area contributed by atoms with Gasteiger partial charge in [-0.15, -0.1) is 0 Å². The summed E-state index contributed by atoms with van der Waals surface area (Å²) in [6.07, 6.45) is 2.18. The standard InChI is InChI=1S/C13H21N3O3S/c1-4-6-7-16(5-2)8-10-11(12(18)19)15-13(20-10)14-9(3)17/h4-8H2,1-3H3,(H,18,19)(H,14,15,17). The molecule has 6 nitrogen and oxygen atoms in total. The lowest BCUT2D eigenvalue weighted by atomic mass is 10.3. The molecule has 0 aromatic carbocycles. The molecule has 0 aliphatic rings. The molecule has 0 radical (unpaired) electrons. The van der Waals surface area contributed by atoms with Crippen molar-refractivity contribution in [2.75, 3.05) is 18.4 Å². The van der Waals surface area contributed by atoms with Crippen molar-refractivity contribution >= 4 is 28.3 Å². The van der Waals surface area contributed by atoms with Gasteiger partial charge in [-0.3, -0.25) is 9.69 Å². The van der Waals surface area contributed by atoms with Gasteiger partial charge in [0.05, 0.1) is 4.88 Å². The lowest BCUT2D eigenvalue weighted by Gasteiger charge is -2.19. The number of rotatable bonds is 8. The molecule has 0 aliphatic carbocycles. The highest BCUT2D eigenvalue weighted by Crippen LogP contribution is 2.25. The van der Waals surface area contributed by atoms with Gasteiger partial charge in [-0.1, -0.05) is 31.6 Å². The minimum absolute atomic E-state index is 0.0358. The Morgan fingerprint density at radius 2 is 2.10 bits per heavy atom. The van der Waals surface area contributed by atoms with E-state index in [1.165, 1.54) is 18.3 Å². The molecule has 0 fully saturated rings. The van der Waals surface area contributed by atoms with Gasteiger partial charge in [-0.05, 0) is 19.5 Å². The normalized spacial score (nSPS) is 10.8. The highest BCUT2D eigenvalue weighted by molar-refractivity contribution is 7.16. The van der Waals surface area contributed by atoms with Gasteiger partial charge in [-0.2, -0.15) is 0 Å². The Labute approximate surface area is 122 Å². The van der Waals surface area contributed by atoms with Crippen LogP contribution in [0.3, 0.4) is 0 Å². The fourth-order valence-electron chi connectivity index (χ4n) is 1.76. The molecule has 20 heavy (non-hydrogen) atoms. The summed E-state index contributed by atoms with van der Waals surface area (Å²) >= 11 is 1.23. The smallest absolute Gasteiger partial charge is 0.355 e. The first kappa shape index (κ1) is 16.6. The average molecular weight is 299 g/mol. The Bertz CT molecular complexity index is 473. The summed E-state index contributed by atoms with van der Waals surface area (Å²) in [5, 5.41) is 12.1. The SMILES string of the molecule is CCCCN(CC)Cc1sc(NC(C)=O)nc1C(=O)O. The monoisotopic (exact) mass is 299 g/mol. The van der Waals surface area contributed by atoms with E-state index >= 15 is 0 Å². The van der Waals surface area contributed by atoms with Crippen molar-refractivity contribution < 1.29 is 14.7 Å². The van der Waals surface area contributed by atoms with E-state index in [1.54, 1.807) is 0 Å². The van der Waals surface area contributed by atoms with Crippen LogP contribution in [0.4, 0.5) is 5.13 Å². The van der Waals surface area contributed by atoms with Crippen LogP contribution in [0.1, 0.15) is 49.0 Å². The molecule has 0 spiro atoms. The summed E-state index contributed by atoms with van der Waals surface area (Å²) in [5.41, 5.74) is 0.0358. The number of hydrogen-bond donors (Lipinski definition) is 2. The van der Waals surface area contributed by atoms with E-state index in [0.29, 0.717) is 16.6 Å².